The molecular formula is C9H12N2O2S. The quantitative estimate of drug-likeness (QED) is 0.743. The number of carbonyl (C=O) groups is 1. The van der Waals surface area contributed by atoms with Crippen LogP contribution in [0.3, 0.4) is 0 Å². The van der Waals surface area contributed by atoms with E-state index in [1.807, 2.05) is 0 Å². The van der Waals surface area contributed by atoms with E-state index < -0.39 is 0 Å². The lowest BCUT2D eigenvalue weighted by Gasteiger charge is -2.01. The highest BCUT2D eigenvalue weighted by Crippen LogP contribution is 2.25. The van der Waals surface area contributed by atoms with E-state index >= 15 is 0 Å². The molecule has 4 nitrogen and oxygen atoms in total. The molecule has 1 aromatic rings. The van der Waals surface area contributed by atoms with E-state index in [2.05, 4.69) is 15.0 Å². The minimum atomic E-state index is -0.349. The van der Waals surface area contributed by atoms with Gasteiger partial charge < -0.3 is 10.1 Å². The van der Waals surface area contributed by atoms with Crippen molar-refractivity contribution in [2.24, 2.45) is 0 Å². The van der Waals surface area contributed by atoms with Crippen LogP contribution in [0.2, 0.25) is 0 Å². The monoisotopic (exact) mass is 212 g/mol. The molecule has 0 saturated carbocycles. The number of thiazole rings is 1. The molecule has 0 amide bonds. The zero-order chi connectivity index (χ0) is 9.97. The van der Waals surface area contributed by atoms with Crippen LogP contribution >= 0.6 is 11.3 Å². The van der Waals surface area contributed by atoms with Crippen LogP contribution in [0.1, 0.15) is 27.8 Å². The summed E-state index contributed by atoms with van der Waals surface area (Å²) in [6, 6.07) is 0. The van der Waals surface area contributed by atoms with Crippen LogP contribution < -0.4 is 5.32 Å². The van der Waals surface area contributed by atoms with E-state index in [1.54, 1.807) is 5.38 Å². The van der Waals surface area contributed by atoms with Crippen molar-refractivity contribution in [2.75, 3.05) is 20.2 Å². The highest BCUT2D eigenvalue weighted by Gasteiger charge is 2.21. The SMILES string of the molecule is COC(=O)c1csc(C2CCNC2)n1. The summed E-state index contributed by atoms with van der Waals surface area (Å²) in [7, 11) is 1.37. The van der Waals surface area contributed by atoms with Crippen molar-refractivity contribution in [1.29, 1.82) is 0 Å². The Balaban J connectivity index is 2.12. The molecule has 1 unspecified atom stereocenters. The number of aromatic nitrogens is 1. The molecule has 1 atom stereocenters. The predicted molar refractivity (Wildman–Crippen MR) is 53.7 cm³/mol. The van der Waals surface area contributed by atoms with Gasteiger partial charge >= 0.3 is 5.97 Å². The van der Waals surface area contributed by atoms with E-state index in [9.17, 15) is 4.79 Å². The van der Waals surface area contributed by atoms with Crippen molar-refractivity contribution in [3.63, 3.8) is 0 Å². The van der Waals surface area contributed by atoms with Gasteiger partial charge in [-0.25, -0.2) is 9.78 Å². The van der Waals surface area contributed by atoms with Gasteiger partial charge in [0, 0.05) is 17.8 Å². The summed E-state index contributed by atoms with van der Waals surface area (Å²) >= 11 is 1.54. The van der Waals surface area contributed by atoms with Gasteiger partial charge in [-0.15, -0.1) is 11.3 Å². The number of methoxy groups -OCH3 is 1. The summed E-state index contributed by atoms with van der Waals surface area (Å²) in [6.07, 6.45) is 1.11. The first kappa shape index (κ1) is 9.61. The van der Waals surface area contributed by atoms with Gasteiger partial charge in [0.2, 0.25) is 0 Å². The molecule has 2 heterocycles. The van der Waals surface area contributed by atoms with E-state index in [0.717, 1.165) is 24.5 Å². The largest absolute Gasteiger partial charge is 0.464 e. The van der Waals surface area contributed by atoms with Crippen LogP contribution in [0.4, 0.5) is 0 Å². The van der Waals surface area contributed by atoms with Crippen molar-refractivity contribution in [3.8, 4) is 0 Å². The molecule has 1 aliphatic heterocycles. The molecule has 14 heavy (non-hydrogen) atoms. The number of nitrogens with zero attached hydrogens (tertiary/aromatic N) is 1. The average molecular weight is 212 g/mol. The molecule has 1 aromatic heterocycles. The molecule has 1 fully saturated rings. The number of hydrogen-bond donors (Lipinski definition) is 1. The molecule has 0 aromatic carbocycles. The van der Waals surface area contributed by atoms with Gasteiger partial charge in [-0.05, 0) is 13.0 Å². The first-order chi connectivity index (χ1) is 6.81. The van der Waals surface area contributed by atoms with Crippen LogP contribution in [-0.4, -0.2) is 31.2 Å². The van der Waals surface area contributed by atoms with Crippen molar-refractivity contribution in [2.45, 2.75) is 12.3 Å². The third-order valence-corrected chi connectivity index (χ3v) is 3.33. The number of carbonyl (C=O) groups excluding carboxylic acids is 1. The molecule has 0 bridgehead atoms. The Kier molecular flexibility index (Phi) is 2.79. The Morgan fingerprint density at radius 3 is 3.29 bits per heavy atom. The van der Waals surface area contributed by atoms with Crippen molar-refractivity contribution in [1.82, 2.24) is 10.3 Å². The number of nitrogens with one attached hydrogen (secondary N) is 1. The maximum atomic E-state index is 11.1. The molecule has 1 saturated heterocycles. The minimum Gasteiger partial charge on any atom is -0.464 e. The number of rotatable bonds is 2. The Morgan fingerprint density at radius 1 is 1.79 bits per heavy atom. The second-order valence-electron chi connectivity index (χ2n) is 3.25. The highest BCUT2D eigenvalue weighted by molar-refractivity contribution is 7.09. The van der Waals surface area contributed by atoms with Crippen LogP contribution in [0.15, 0.2) is 5.38 Å². The first-order valence-electron chi connectivity index (χ1n) is 4.55. The molecule has 76 valence electrons. The van der Waals surface area contributed by atoms with Crippen LogP contribution in [0.5, 0.6) is 0 Å². The topological polar surface area (TPSA) is 51.2 Å². The van der Waals surface area contributed by atoms with Crippen molar-refractivity contribution in [3.05, 3.63) is 16.1 Å². The fourth-order valence-electron chi connectivity index (χ4n) is 1.54. The number of hydrogen-bond acceptors (Lipinski definition) is 5. The van der Waals surface area contributed by atoms with Gasteiger partial charge in [0.05, 0.1) is 12.1 Å². The second-order valence-corrected chi connectivity index (χ2v) is 4.14. The Morgan fingerprint density at radius 2 is 2.64 bits per heavy atom. The van der Waals surface area contributed by atoms with Crippen LogP contribution in [-0.2, 0) is 4.74 Å². The lowest BCUT2D eigenvalue weighted by molar-refractivity contribution is 0.0594. The van der Waals surface area contributed by atoms with Gasteiger partial charge in [-0.3, -0.25) is 0 Å². The lowest BCUT2D eigenvalue weighted by Crippen LogP contribution is -2.08. The summed E-state index contributed by atoms with van der Waals surface area (Å²) in [4.78, 5) is 15.4. The van der Waals surface area contributed by atoms with Gasteiger partial charge in [-0.1, -0.05) is 0 Å². The highest BCUT2D eigenvalue weighted by atomic mass is 32.1. The summed E-state index contributed by atoms with van der Waals surface area (Å²) in [5.41, 5.74) is 0.430. The van der Waals surface area contributed by atoms with Crippen molar-refractivity contribution < 1.29 is 9.53 Å². The maximum Gasteiger partial charge on any atom is 0.357 e. The predicted octanol–water partition coefficient (Wildman–Crippen LogP) is 1.01. The normalized spacial score (nSPS) is 21.1. The molecular weight excluding hydrogens is 200 g/mol. The summed E-state index contributed by atoms with van der Waals surface area (Å²) in [6.45, 7) is 2.01. The molecule has 0 spiro atoms. The third kappa shape index (κ3) is 1.78. The maximum absolute atomic E-state index is 11.1. The summed E-state index contributed by atoms with van der Waals surface area (Å²) < 4.78 is 4.60. The molecule has 0 aliphatic carbocycles. The number of esters is 1. The lowest BCUT2D eigenvalue weighted by atomic mass is 10.1. The standard InChI is InChI=1S/C9H12N2O2S/c1-13-9(12)7-5-14-8(11-7)6-2-3-10-4-6/h5-6,10H,2-4H2,1H3. The van der Waals surface area contributed by atoms with E-state index in [0.29, 0.717) is 11.6 Å². The van der Waals surface area contributed by atoms with Crippen LogP contribution in [0, 0.1) is 0 Å². The zero-order valence-corrected chi connectivity index (χ0v) is 8.76. The summed E-state index contributed by atoms with van der Waals surface area (Å²) in [5.74, 6) is 0.122. The first-order valence-corrected chi connectivity index (χ1v) is 5.43. The molecule has 1 aliphatic rings. The molecule has 2 rings (SSSR count). The Hall–Kier alpha value is -0.940. The third-order valence-electron chi connectivity index (χ3n) is 2.33. The fourth-order valence-corrected chi connectivity index (χ4v) is 2.46. The Bertz CT molecular complexity index is 331. The van der Waals surface area contributed by atoms with Crippen LogP contribution in [0.25, 0.3) is 0 Å². The molecule has 0 radical (unpaired) electrons. The zero-order valence-electron chi connectivity index (χ0n) is 7.95. The average Bonchev–Trinajstić information content (AvgIpc) is 2.86. The van der Waals surface area contributed by atoms with E-state index in [-0.39, 0.29) is 5.97 Å². The van der Waals surface area contributed by atoms with Gasteiger partial charge in [0.25, 0.3) is 0 Å². The second kappa shape index (κ2) is 4.06. The van der Waals surface area contributed by atoms with Gasteiger partial charge in [0.1, 0.15) is 0 Å². The van der Waals surface area contributed by atoms with E-state index in [1.165, 1.54) is 18.4 Å². The minimum absolute atomic E-state index is 0.349. The number of ether oxygens (including phenoxy) is 1. The van der Waals surface area contributed by atoms with Gasteiger partial charge in [0.15, 0.2) is 5.69 Å². The van der Waals surface area contributed by atoms with E-state index in [4.69, 9.17) is 0 Å². The molecule has 1 N–H and O–H groups in total. The van der Waals surface area contributed by atoms with Crippen molar-refractivity contribution >= 4 is 17.3 Å². The molecule has 5 heteroatoms. The fraction of sp³-hybridized carbons (Fsp3) is 0.556. The summed E-state index contributed by atoms with van der Waals surface area (Å²) in [5, 5.41) is 6.07. The smallest absolute Gasteiger partial charge is 0.357 e. The van der Waals surface area contributed by atoms with Gasteiger partial charge in [-0.2, -0.15) is 0 Å². The Labute approximate surface area is 86.3 Å².